The maximum absolute atomic E-state index is 13.2. The summed E-state index contributed by atoms with van der Waals surface area (Å²) in [4.78, 5) is 14.9. The first-order valence-corrected chi connectivity index (χ1v) is 12.2. The molecule has 3 aromatic carbocycles. The molecule has 1 aliphatic rings. The van der Waals surface area contributed by atoms with Crippen LogP contribution in [0.4, 0.5) is 15.8 Å². The van der Waals surface area contributed by atoms with Gasteiger partial charge in [0.2, 0.25) is 10.0 Å². The second-order valence-corrected chi connectivity index (χ2v) is 10.0. The predicted octanol–water partition coefficient (Wildman–Crippen LogP) is 4.21. The normalized spacial score (nSPS) is 14.8. The van der Waals surface area contributed by atoms with E-state index in [1.807, 2.05) is 36.9 Å². The Morgan fingerprint density at radius 3 is 2.27 bits per heavy atom. The van der Waals surface area contributed by atoms with Gasteiger partial charge in [-0.3, -0.25) is 4.79 Å². The van der Waals surface area contributed by atoms with Crippen LogP contribution in [0.3, 0.4) is 0 Å². The molecule has 3 aromatic rings. The third-order valence-electron chi connectivity index (χ3n) is 6.02. The van der Waals surface area contributed by atoms with Crippen molar-refractivity contribution in [3.05, 3.63) is 89.2 Å². The van der Waals surface area contributed by atoms with Crippen molar-refractivity contribution in [3.63, 3.8) is 0 Å². The number of nitrogens with one attached hydrogen (secondary N) is 1. The van der Waals surface area contributed by atoms with Gasteiger partial charge in [-0.1, -0.05) is 18.2 Å². The zero-order valence-corrected chi connectivity index (χ0v) is 19.4. The standard InChI is InChI=1S/C25H26FN3O3S/c1-18-5-3-8-24(19(18)2)27-25(30)20-6-4-7-23(17-20)33(31,32)29-15-13-28(14-16-29)22-11-9-21(26)10-12-22/h3-12,17H,13-16H2,1-2H3,(H,27,30). The molecule has 0 spiro atoms. The molecule has 0 aromatic heterocycles. The van der Waals surface area contributed by atoms with E-state index in [0.717, 1.165) is 16.8 Å². The van der Waals surface area contributed by atoms with Gasteiger partial charge in [-0.25, -0.2) is 12.8 Å². The number of benzene rings is 3. The third-order valence-corrected chi connectivity index (χ3v) is 7.91. The highest BCUT2D eigenvalue weighted by atomic mass is 32.2. The van der Waals surface area contributed by atoms with Gasteiger partial charge in [0.05, 0.1) is 4.90 Å². The number of halogens is 1. The van der Waals surface area contributed by atoms with Crippen molar-refractivity contribution in [2.45, 2.75) is 18.7 Å². The van der Waals surface area contributed by atoms with E-state index in [0.29, 0.717) is 31.9 Å². The molecule has 6 nitrogen and oxygen atoms in total. The molecular formula is C25H26FN3O3S. The van der Waals surface area contributed by atoms with Gasteiger partial charge in [-0.2, -0.15) is 4.31 Å². The van der Waals surface area contributed by atoms with E-state index in [1.54, 1.807) is 24.3 Å². The van der Waals surface area contributed by atoms with Crippen LogP contribution in [0, 0.1) is 19.7 Å². The molecule has 1 fully saturated rings. The fourth-order valence-corrected chi connectivity index (χ4v) is 5.34. The van der Waals surface area contributed by atoms with Crippen LogP contribution in [0.5, 0.6) is 0 Å². The quantitative estimate of drug-likeness (QED) is 0.611. The van der Waals surface area contributed by atoms with Crippen molar-refractivity contribution in [2.75, 3.05) is 36.4 Å². The lowest BCUT2D eigenvalue weighted by atomic mass is 10.1. The van der Waals surface area contributed by atoms with Gasteiger partial charge in [0.1, 0.15) is 5.82 Å². The van der Waals surface area contributed by atoms with Crippen molar-refractivity contribution in [3.8, 4) is 0 Å². The Hall–Kier alpha value is -3.23. The van der Waals surface area contributed by atoms with E-state index in [-0.39, 0.29) is 22.2 Å². The number of nitrogens with zero attached hydrogens (tertiary/aromatic N) is 2. The lowest BCUT2D eigenvalue weighted by Gasteiger charge is -2.35. The van der Waals surface area contributed by atoms with E-state index in [2.05, 4.69) is 5.32 Å². The fourth-order valence-electron chi connectivity index (χ4n) is 3.87. The third kappa shape index (κ3) is 4.91. The van der Waals surface area contributed by atoms with Gasteiger partial charge in [-0.15, -0.1) is 0 Å². The number of amides is 1. The molecule has 172 valence electrons. The highest BCUT2D eigenvalue weighted by molar-refractivity contribution is 7.89. The van der Waals surface area contributed by atoms with Crippen molar-refractivity contribution in [1.29, 1.82) is 0 Å². The van der Waals surface area contributed by atoms with E-state index < -0.39 is 10.0 Å². The molecule has 1 amide bonds. The number of rotatable bonds is 5. The first-order valence-electron chi connectivity index (χ1n) is 10.7. The van der Waals surface area contributed by atoms with Crippen LogP contribution in [-0.4, -0.2) is 44.8 Å². The van der Waals surface area contributed by atoms with Gasteiger partial charge in [0.15, 0.2) is 0 Å². The number of carbonyl (C=O) groups excluding carboxylic acids is 1. The molecule has 8 heteroatoms. The average molecular weight is 468 g/mol. The number of piperazine rings is 1. The van der Waals surface area contributed by atoms with Crippen LogP contribution in [0.2, 0.25) is 0 Å². The summed E-state index contributed by atoms with van der Waals surface area (Å²) in [5.41, 5.74) is 3.86. The highest BCUT2D eigenvalue weighted by Gasteiger charge is 2.29. The number of carbonyl (C=O) groups is 1. The number of hydrogen-bond acceptors (Lipinski definition) is 4. The summed E-state index contributed by atoms with van der Waals surface area (Å²) in [6.45, 7) is 5.50. The van der Waals surface area contributed by atoms with Crippen LogP contribution in [0.15, 0.2) is 71.6 Å². The minimum absolute atomic E-state index is 0.0892. The fraction of sp³-hybridized carbons (Fsp3) is 0.240. The van der Waals surface area contributed by atoms with Crippen molar-refractivity contribution in [1.82, 2.24) is 4.31 Å². The summed E-state index contributed by atoms with van der Waals surface area (Å²) in [5.74, 6) is -0.664. The Morgan fingerprint density at radius 1 is 0.909 bits per heavy atom. The molecule has 1 saturated heterocycles. The SMILES string of the molecule is Cc1cccc(NC(=O)c2cccc(S(=O)(=O)N3CCN(c4ccc(F)cc4)CC3)c2)c1C. The van der Waals surface area contributed by atoms with E-state index in [4.69, 9.17) is 0 Å². The Kier molecular flexibility index (Phi) is 6.49. The molecule has 1 heterocycles. The first-order chi connectivity index (χ1) is 15.8. The van der Waals surface area contributed by atoms with Crippen LogP contribution < -0.4 is 10.2 Å². The molecule has 0 atom stereocenters. The summed E-state index contributed by atoms with van der Waals surface area (Å²) in [6.07, 6.45) is 0. The summed E-state index contributed by atoms with van der Waals surface area (Å²) in [6, 6.07) is 17.9. The molecular weight excluding hydrogens is 441 g/mol. The molecule has 0 radical (unpaired) electrons. The second-order valence-electron chi connectivity index (χ2n) is 8.10. The lowest BCUT2D eigenvalue weighted by molar-refractivity contribution is 0.102. The van der Waals surface area contributed by atoms with Gasteiger partial charge >= 0.3 is 0 Å². The van der Waals surface area contributed by atoms with E-state index in [9.17, 15) is 17.6 Å². The van der Waals surface area contributed by atoms with Crippen molar-refractivity contribution >= 4 is 27.3 Å². The molecule has 0 unspecified atom stereocenters. The minimum Gasteiger partial charge on any atom is -0.369 e. The number of aryl methyl sites for hydroxylation is 1. The van der Waals surface area contributed by atoms with Crippen LogP contribution in [0.25, 0.3) is 0 Å². The molecule has 4 rings (SSSR count). The number of sulfonamides is 1. The number of hydrogen-bond donors (Lipinski definition) is 1. The Bertz CT molecular complexity index is 1270. The van der Waals surface area contributed by atoms with E-state index in [1.165, 1.54) is 28.6 Å². The molecule has 1 N–H and O–H groups in total. The number of anilines is 2. The largest absolute Gasteiger partial charge is 0.369 e. The zero-order chi connectivity index (χ0) is 23.6. The van der Waals surface area contributed by atoms with Gasteiger partial charge < -0.3 is 10.2 Å². The first kappa shape index (κ1) is 22.9. The highest BCUT2D eigenvalue weighted by Crippen LogP contribution is 2.23. The molecule has 0 aliphatic carbocycles. The maximum atomic E-state index is 13.2. The predicted molar refractivity (Wildman–Crippen MR) is 128 cm³/mol. The summed E-state index contributed by atoms with van der Waals surface area (Å²) < 4.78 is 41.1. The Balaban J connectivity index is 1.47. The second kappa shape index (κ2) is 9.33. The Labute approximate surface area is 193 Å². The van der Waals surface area contributed by atoms with Crippen molar-refractivity contribution in [2.24, 2.45) is 0 Å². The minimum atomic E-state index is -3.75. The summed E-state index contributed by atoms with van der Waals surface area (Å²) >= 11 is 0. The maximum Gasteiger partial charge on any atom is 0.255 e. The van der Waals surface area contributed by atoms with Crippen molar-refractivity contribution < 1.29 is 17.6 Å². The average Bonchev–Trinajstić information content (AvgIpc) is 2.82. The molecule has 0 saturated carbocycles. The van der Waals surface area contributed by atoms with Crippen LogP contribution in [-0.2, 0) is 10.0 Å². The van der Waals surface area contributed by atoms with Crippen LogP contribution in [0.1, 0.15) is 21.5 Å². The lowest BCUT2D eigenvalue weighted by Crippen LogP contribution is -2.48. The summed E-state index contributed by atoms with van der Waals surface area (Å²) in [5, 5.41) is 2.87. The molecule has 1 aliphatic heterocycles. The van der Waals surface area contributed by atoms with Crippen LogP contribution >= 0.6 is 0 Å². The Morgan fingerprint density at radius 2 is 1.58 bits per heavy atom. The molecule has 33 heavy (non-hydrogen) atoms. The topological polar surface area (TPSA) is 69.7 Å². The smallest absolute Gasteiger partial charge is 0.255 e. The van der Waals surface area contributed by atoms with Gasteiger partial charge in [0, 0.05) is 43.1 Å². The zero-order valence-electron chi connectivity index (χ0n) is 18.6. The van der Waals surface area contributed by atoms with Gasteiger partial charge in [-0.05, 0) is 73.5 Å². The van der Waals surface area contributed by atoms with Gasteiger partial charge in [0.25, 0.3) is 5.91 Å². The summed E-state index contributed by atoms with van der Waals surface area (Å²) in [7, 11) is -3.75. The van der Waals surface area contributed by atoms with E-state index >= 15 is 0 Å². The molecule has 0 bridgehead atoms. The monoisotopic (exact) mass is 467 g/mol.